The number of hydrogen-bond donors (Lipinski definition) is 2. The lowest BCUT2D eigenvalue weighted by molar-refractivity contribution is -0.137. The number of carbonyl (C=O) groups excluding carboxylic acids is 1. The van der Waals surface area contributed by atoms with Crippen LogP contribution < -0.4 is 5.32 Å². The van der Waals surface area contributed by atoms with Gasteiger partial charge in [-0.25, -0.2) is 4.79 Å². The minimum absolute atomic E-state index is 0.103. The minimum Gasteiger partial charge on any atom is -0.481 e. The molecule has 0 spiro atoms. The van der Waals surface area contributed by atoms with Gasteiger partial charge < -0.3 is 20.2 Å². The molecule has 2 N–H and O–H groups in total. The second kappa shape index (κ2) is 8.74. The van der Waals surface area contributed by atoms with Gasteiger partial charge in [0.2, 0.25) is 0 Å². The van der Waals surface area contributed by atoms with E-state index >= 15 is 0 Å². The third-order valence-electron chi connectivity index (χ3n) is 3.38. The SMILES string of the molecule is CN(CCCC(=O)O)C(=O)NCCN1CCCCC1. The first kappa shape index (κ1) is 15.8. The monoisotopic (exact) mass is 271 g/mol. The lowest BCUT2D eigenvalue weighted by atomic mass is 10.1. The standard InChI is InChI=1S/C13H25N3O3/c1-15(8-5-6-12(17)18)13(19)14-7-11-16-9-3-2-4-10-16/h2-11H2,1H3,(H,14,19)(H,17,18). The number of hydrogen-bond acceptors (Lipinski definition) is 3. The summed E-state index contributed by atoms with van der Waals surface area (Å²) in [4.78, 5) is 26.0. The Hall–Kier alpha value is -1.30. The number of amides is 2. The van der Waals surface area contributed by atoms with E-state index in [9.17, 15) is 9.59 Å². The van der Waals surface area contributed by atoms with Crippen molar-refractivity contribution in [1.29, 1.82) is 0 Å². The second-order valence-electron chi connectivity index (χ2n) is 5.05. The van der Waals surface area contributed by atoms with E-state index in [1.165, 1.54) is 19.3 Å². The molecule has 1 rings (SSSR count). The van der Waals surface area contributed by atoms with Crippen LogP contribution in [0.25, 0.3) is 0 Å². The lowest BCUT2D eigenvalue weighted by Crippen LogP contribution is -2.42. The highest BCUT2D eigenvalue weighted by Gasteiger charge is 2.11. The Balaban J connectivity index is 2.06. The molecule has 0 aliphatic carbocycles. The first-order chi connectivity index (χ1) is 9.09. The normalized spacial score (nSPS) is 16.1. The Morgan fingerprint density at radius 1 is 1.26 bits per heavy atom. The number of carboxylic acid groups (broad SMARTS) is 1. The number of piperidine rings is 1. The molecular formula is C13H25N3O3. The maximum atomic E-state index is 11.7. The second-order valence-corrected chi connectivity index (χ2v) is 5.05. The van der Waals surface area contributed by atoms with Gasteiger partial charge in [0.1, 0.15) is 0 Å². The van der Waals surface area contributed by atoms with Crippen LogP contribution in [-0.4, -0.2) is 66.7 Å². The van der Waals surface area contributed by atoms with Crippen molar-refractivity contribution in [3.63, 3.8) is 0 Å². The summed E-state index contributed by atoms with van der Waals surface area (Å²) in [7, 11) is 1.69. The van der Waals surface area contributed by atoms with Crippen molar-refractivity contribution >= 4 is 12.0 Å². The van der Waals surface area contributed by atoms with E-state index in [1.807, 2.05) is 0 Å². The third-order valence-corrected chi connectivity index (χ3v) is 3.38. The van der Waals surface area contributed by atoms with Crippen molar-refractivity contribution in [3.05, 3.63) is 0 Å². The van der Waals surface area contributed by atoms with Crippen molar-refractivity contribution in [1.82, 2.24) is 15.1 Å². The number of nitrogens with zero attached hydrogens (tertiary/aromatic N) is 2. The van der Waals surface area contributed by atoms with Crippen LogP contribution in [0, 0.1) is 0 Å². The van der Waals surface area contributed by atoms with Crippen molar-refractivity contribution < 1.29 is 14.7 Å². The Morgan fingerprint density at radius 2 is 1.95 bits per heavy atom. The van der Waals surface area contributed by atoms with E-state index < -0.39 is 5.97 Å². The van der Waals surface area contributed by atoms with Gasteiger partial charge in [0.15, 0.2) is 0 Å². The van der Waals surface area contributed by atoms with E-state index in [2.05, 4.69) is 10.2 Å². The lowest BCUT2D eigenvalue weighted by Gasteiger charge is -2.26. The summed E-state index contributed by atoms with van der Waals surface area (Å²) in [6.07, 6.45) is 4.41. The first-order valence-electron chi connectivity index (χ1n) is 7.02. The van der Waals surface area contributed by atoms with Gasteiger partial charge in [-0.15, -0.1) is 0 Å². The van der Waals surface area contributed by atoms with Crippen LogP contribution in [0.3, 0.4) is 0 Å². The van der Waals surface area contributed by atoms with Crippen LogP contribution in [0.15, 0.2) is 0 Å². The quantitative estimate of drug-likeness (QED) is 0.724. The molecule has 0 bridgehead atoms. The highest BCUT2D eigenvalue weighted by Crippen LogP contribution is 2.07. The molecule has 2 amide bonds. The maximum Gasteiger partial charge on any atom is 0.317 e. The highest BCUT2D eigenvalue weighted by atomic mass is 16.4. The fourth-order valence-corrected chi connectivity index (χ4v) is 2.21. The number of aliphatic carboxylic acids is 1. The third kappa shape index (κ3) is 7.00. The van der Waals surface area contributed by atoms with Crippen LogP contribution in [0.4, 0.5) is 4.79 Å². The smallest absolute Gasteiger partial charge is 0.317 e. The predicted octanol–water partition coefficient (Wildman–Crippen LogP) is 0.979. The minimum atomic E-state index is -0.820. The van der Waals surface area contributed by atoms with Crippen molar-refractivity contribution in [2.24, 2.45) is 0 Å². The van der Waals surface area contributed by atoms with Gasteiger partial charge in [0.25, 0.3) is 0 Å². The average molecular weight is 271 g/mol. The van der Waals surface area contributed by atoms with Crippen molar-refractivity contribution in [2.45, 2.75) is 32.1 Å². The zero-order valence-corrected chi connectivity index (χ0v) is 11.7. The summed E-state index contributed by atoms with van der Waals surface area (Å²) in [6.45, 7) is 4.29. The van der Waals surface area contributed by atoms with Gasteiger partial charge in [0.05, 0.1) is 0 Å². The van der Waals surface area contributed by atoms with Crippen LogP contribution in [0.5, 0.6) is 0 Å². The first-order valence-corrected chi connectivity index (χ1v) is 7.02. The molecule has 1 fully saturated rings. The predicted molar refractivity (Wildman–Crippen MR) is 73.2 cm³/mol. The molecule has 0 saturated carbocycles. The molecule has 0 atom stereocenters. The number of carbonyl (C=O) groups is 2. The molecule has 110 valence electrons. The Morgan fingerprint density at radius 3 is 2.58 bits per heavy atom. The number of urea groups is 1. The summed E-state index contributed by atoms with van der Waals surface area (Å²) in [6, 6.07) is -0.123. The molecule has 1 saturated heterocycles. The van der Waals surface area contributed by atoms with Crippen LogP contribution in [0.1, 0.15) is 32.1 Å². The van der Waals surface area contributed by atoms with Crippen LogP contribution in [0.2, 0.25) is 0 Å². The van der Waals surface area contributed by atoms with Gasteiger partial charge in [-0.3, -0.25) is 4.79 Å². The fourth-order valence-electron chi connectivity index (χ4n) is 2.21. The van der Waals surface area contributed by atoms with E-state index in [0.29, 0.717) is 19.5 Å². The van der Waals surface area contributed by atoms with Crippen LogP contribution >= 0.6 is 0 Å². The zero-order valence-electron chi connectivity index (χ0n) is 11.7. The maximum absolute atomic E-state index is 11.7. The van der Waals surface area contributed by atoms with Gasteiger partial charge >= 0.3 is 12.0 Å². The summed E-state index contributed by atoms with van der Waals surface area (Å²) in [5.41, 5.74) is 0. The van der Waals surface area contributed by atoms with Crippen molar-refractivity contribution in [2.75, 3.05) is 39.8 Å². The number of likely N-dealkylation sites (tertiary alicyclic amines) is 1. The van der Waals surface area contributed by atoms with E-state index in [0.717, 1.165) is 19.6 Å². The summed E-state index contributed by atoms with van der Waals surface area (Å²) in [5.74, 6) is -0.820. The molecule has 1 aliphatic rings. The Kier molecular flexibility index (Phi) is 7.25. The number of carboxylic acids is 1. The molecular weight excluding hydrogens is 246 g/mol. The summed E-state index contributed by atoms with van der Waals surface area (Å²) >= 11 is 0. The molecule has 0 aromatic rings. The molecule has 0 aromatic carbocycles. The molecule has 1 heterocycles. The Labute approximate surface area is 114 Å². The molecule has 0 radical (unpaired) electrons. The van der Waals surface area contributed by atoms with Gasteiger partial charge in [-0.05, 0) is 32.4 Å². The largest absolute Gasteiger partial charge is 0.481 e. The fraction of sp³-hybridized carbons (Fsp3) is 0.846. The van der Waals surface area contributed by atoms with Gasteiger partial charge in [-0.1, -0.05) is 6.42 Å². The highest BCUT2D eigenvalue weighted by molar-refractivity contribution is 5.73. The Bertz CT molecular complexity index is 291. The van der Waals surface area contributed by atoms with E-state index in [4.69, 9.17) is 5.11 Å². The number of rotatable bonds is 7. The molecule has 19 heavy (non-hydrogen) atoms. The van der Waals surface area contributed by atoms with Crippen molar-refractivity contribution in [3.8, 4) is 0 Å². The summed E-state index contributed by atoms with van der Waals surface area (Å²) < 4.78 is 0. The van der Waals surface area contributed by atoms with E-state index in [-0.39, 0.29) is 12.5 Å². The molecule has 6 heteroatoms. The van der Waals surface area contributed by atoms with Crippen LogP contribution in [-0.2, 0) is 4.79 Å². The molecule has 6 nitrogen and oxygen atoms in total. The average Bonchev–Trinajstić information content (AvgIpc) is 2.39. The molecule has 0 aromatic heterocycles. The summed E-state index contributed by atoms with van der Waals surface area (Å²) in [5, 5.41) is 11.4. The van der Waals surface area contributed by atoms with Gasteiger partial charge in [0, 0.05) is 33.1 Å². The zero-order chi connectivity index (χ0) is 14.1. The van der Waals surface area contributed by atoms with Gasteiger partial charge in [-0.2, -0.15) is 0 Å². The number of nitrogens with one attached hydrogen (secondary N) is 1. The molecule has 1 aliphatic heterocycles. The topological polar surface area (TPSA) is 72.9 Å². The van der Waals surface area contributed by atoms with E-state index in [1.54, 1.807) is 11.9 Å². The molecule has 0 unspecified atom stereocenters.